The first-order valence-corrected chi connectivity index (χ1v) is 6.75. The van der Waals surface area contributed by atoms with Crippen LogP contribution >= 0.6 is 11.8 Å². The lowest BCUT2D eigenvalue weighted by Crippen LogP contribution is -2.58. The topological polar surface area (TPSA) is 55.1 Å². The molecule has 4 heteroatoms. The van der Waals surface area contributed by atoms with Crippen LogP contribution in [0.5, 0.6) is 0 Å². The number of nitrogens with two attached hydrogens (primary N) is 1. The van der Waals surface area contributed by atoms with E-state index in [1.807, 2.05) is 18.8 Å². The van der Waals surface area contributed by atoms with Crippen LogP contribution < -0.4 is 11.1 Å². The van der Waals surface area contributed by atoms with Gasteiger partial charge >= 0.3 is 0 Å². The highest BCUT2D eigenvalue weighted by molar-refractivity contribution is 7.99. The van der Waals surface area contributed by atoms with Gasteiger partial charge in [0.05, 0.1) is 0 Å². The Bertz CT molecular complexity index is 229. The number of nitrogens with one attached hydrogen (secondary N) is 1. The molecule has 0 radical (unpaired) electrons. The van der Waals surface area contributed by atoms with Crippen molar-refractivity contribution < 1.29 is 4.79 Å². The quantitative estimate of drug-likeness (QED) is 0.691. The maximum absolute atomic E-state index is 11.6. The molecular weight excluding hydrogens is 208 g/mol. The third-order valence-corrected chi connectivity index (χ3v) is 4.50. The van der Waals surface area contributed by atoms with Gasteiger partial charge in [-0.15, -0.1) is 0 Å². The normalized spacial score (nSPS) is 20.3. The van der Waals surface area contributed by atoms with Crippen LogP contribution in [-0.2, 0) is 4.79 Å². The monoisotopic (exact) mass is 230 g/mol. The van der Waals surface area contributed by atoms with Gasteiger partial charge in [-0.2, -0.15) is 11.8 Å². The number of amides is 1. The number of rotatable bonds is 7. The highest BCUT2D eigenvalue weighted by atomic mass is 32.2. The summed E-state index contributed by atoms with van der Waals surface area (Å²) >= 11 is 1.83. The van der Waals surface area contributed by atoms with Gasteiger partial charge in [0.25, 0.3) is 0 Å². The molecule has 0 bridgehead atoms. The van der Waals surface area contributed by atoms with E-state index < -0.39 is 5.54 Å². The van der Waals surface area contributed by atoms with Crippen LogP contribution in [0.4, 0.5) is 0 Å². The zero-order valence-corrected chi connectivity index (χ0v) is 10.7. The molecule has 3 N–H and O–H groups in total. The van der Waals surface area contributed by atoms with Gasteiger partial charge in [0.2, 0.25) is 5.91 Å². The largest absolute Gasteiger partial charge is 0.368 e. The Morgan fingerprint density at radius 2 is 2.20 bits per heavy atom. The predicted octanol–water partition coefficient (Wildman–Crippen LogP) is 1.23. The van der Waals surface area contributed by atoms with Gasteiger partial charge in [0.15, 0.2) is 0 Å². The lowest BCUT2D eigenvalue weighted by Gasteiger charge is -2.30. The van der Waals surface area contributed by atoms with E-state index in [9.17, 15) is 4.79 Å². The molecule has 88 valence electrons. The molecule has 0 aliphatic heterocycles. The van der Waals surface area contributed by atoms with Crippen molar-refractivity contribution in [2.45, 2.75) is 32.2 Å². The second-order valence-electron chi connectivity index (χ2n) is 4.77. The first kappa shape index (κ1) is 12.8. The fraction of sp³-hybridized carbons (Fsp3) is 0.909. The Kier molecular flexibility index (Phi) is 4.46. The number of hydrogen-bond donors (Lipinski definition) is 2. The Balaban J connectivity index is 2.52. The molecule has 15 heavy (non-hydrogen) atoms. The molecule has 1 unspecified atom stereocenters. The summed E-state index contributed by atoms with van der Waals surface area (Å²) in [4.78, 5) is 11.6. The number of likely N-dealkylation sites (N-methyl/N-ethyl adjacent to an activating group) is 1. The molecule has 1 saturated carbocycles. The third kappa shape index (κ3) is 3.11. The SMILES string of the molecule is CNC(CSCC(C)C)(C(N)=O)C1CC1. The van der Waals surface area contributed by atoms with Gasteiger partial charge in [-0.05, 0) is 37.5 Å². The molecule has 0 saturated heterocycles. The standard InChI is InChI=1S/C11H22N2OS/c1-8(2)6-15-7-11(13-3,10(12)14)9-4-5-9/h8-9,13H,4-7H2,1-3H3,(H2,12,14). The molecule has 1 aliphatic rings. The smallest absolute Gasteiger partial charge is 0.238 e. The Morgan fingerprint density at radius 1 is 1.60 bits per heavy atom. The number of primary amides is 1. The van der Waals surface area contributed by atoms with Crippen LogP contribution in [0, 0.1) is 11.8 Å². The molecule has 0 spiro atoms. The van der Waals surface area contributed by atoms with Gasteiger partial charge in [-0.3, -0.25) is 4.79 Å². The highest BCUT2D eigenvalue weighted by Crippen LogP contribution is 2.41. The second-order valence-corrected chi connectivity index (χ2v) is 5.80. The summed E-state index contributed by atoms with van der Waals surface area (Å²) in [6.07, 6.45) is 2.26. The second kappa shape index (κ2) is 5.21. The molecular formula is C11H22N2OS. The molecule has 1 fully saturated rings. The molecule has 3 nitrogen and oxygen atoms in total. The summed E-state index contributed by atoms with van der Waals surface area (Å²) in [7, 11) is 1.85. The Labute approximate surface area is 96.6 Å². The van der Waals surface area contributed by atoms with Crippen molar-refractivity contribution in [1.82, 2.24) is 5.32 Å². The first-order valence-electron chi connectivity index (χ1n) is 5.59. The first-order chi connectivity index (χ1) is 7.03. The van der Waals surface area contributed by atoms with Crippen molar-refractivity contribution in [1.29, 1.82) is 0 Å². The summed E-state index contributed by atoms with van der Waals surface area (Å²) < 4.78 is 0. The van der Waals surface area contributed by atoms with E-state index in [0.29, 0.717) is 11.8 Å². The van der Waals surface area contributed by atoms with Crippen LogP contribution in [0.3, 0.4) is 0 Å². The van der Waals surface area contributed by atoms with E-state index in [4.69, 9.17) is 5.73 Å². The summed E-state index contributed by atoms with van der Waals surface area (Å²) in [5.41, 5.74) is 5.07. The number of carbonyl (C=O) groups excluding carboxylic acids is 1. The van der Waals surface area contributed by atoms with Crippen molar-refractivity contribution >= 4 is 17.7 Å². The number of hydrogen-bond acceptors (Lipinski definition) is 3. The van der Waals surface area contributed by atoms with Crippen LogP contribution in [-0.4, -0.2) is 30.0 Å². The van der Waals surface area contributed by atoms with Gasteiger partial charge in [0, 0.05) is 5.75 Å². The van der Waals surface area contributed by atoms with E-state index in [1.54, 1.807) is 0 Å². The van der Waals surface area contributed by atoms with Gasteiger partial charge in [0.1, 0.15) is 5.54 Å². The molecule has 1 amide bonds. The van der Waals surface area contributed by atoms with Crippen molar-refractivity contribution in [3.05, 3.63) is 0 Å². The van der Waals surface area contributed by atoms with Crippen molar-refractivity contribution in [2.75, 3.05) is 18.6 Å². The molecule has 0 heterocycles. The van der Waals surface area contributed by atoms with Gasteiger partial charge in [-0.25, -0.2) is 0 Å². The summed E-state index contributed by atoms with van der Waals surface area (Å²) in [5, 5.41) is 3.16. The third-order valence-electron chi connectivity index (χ3n) is 2.94. The minimum atomic E-state index is -0.459. The van der Waals surface area contributed by atoms with Crippen LogP contribution in [0.1, 0.15) is 26.7 Å². The fourth-order valence-electron chi connectivity index (χ4n) is 1.82. The molecule has 0 aromatic carbocycles. The van der Waals surface area contributed by atoms with Crippen LogP contribution in [0.25, 0.3) is 0 Å². The van der Waals surface area contributed by atoms with E-state index >= 15 is 0 Å². The average molecular weight is 230 g/mol. The molecule has 1 rings (SSSR count). The van der Waals surface area contributed by atoms with E-state index in [-0.39, 0.29) is 5.91 Å². The maximum atomic E-state index is 11.6. The summed E-state index contributed by atoms with van der Waals surface area (Å²) in [6.45, 7) is 4.38. The zero-order valence-electron chi connectivity index (χ0n) is 9.88. The van der Waals surface area contributed by atoms with Crippen molar-refractivity contribution in [3.63, 3.8) is 0 Å². The van der Waals surface area contributed by atoms with Gasteiger partial charge in [-0.1, -0.05) is 13.8 Å². The van der Waals surface area contributed by atoms with Crippen molar-refractivity contribution in [3.8, 4) is 0 Å². The predicted molar refractivity (Wildman–Crippen MR) is 65.9 cm³/mol. The number of carbonyl (C=O) groups is 1. The minimum absolute atomic E-state index is 0.191. The van der Waals surface area contributed by atoms with E-state index in [2.05, 4.69) is 19.2 Å². The number of thioether (sulfide) groups is 1. The lowest BCUT2D eigenvalue weighted by molar-refractivity contribution is -0.124. The van der Waals surface area contributed by atoms with E-state index in [0.717, 1.165) is 24.3 Å². The van der Waals surface area contributed by atoms with E-state index in [1.165, 1.54) is 0 Å². The average Bonchev–Trinajstić information content (AvgIpc) is 2.95. The van der Waals surface area contributed by atoms with Gasteiger partial charge < -0.3 is 11.1 Å². The zero-order chi connectivity index (χ0) is 11.5. The molecule has 0 aromatic rings. The highest BCUT2D eigenvalue weighted by Gasteiger charge is 2.48. The minimum Gasteiger partial charge on any atom is -0.368 e. The summed E-state index contributed by atoms with van der Waals surface area (Å²) in [6, 6.07) is 0. The molecule has 1 atom stereocenters. The lowest BCUT2D eigenvalue weighted by atomic mass is 9.95. The Morgan fingerprint density at radius 3 is 2.53 bits per heavy atom. The Hall–Kier alpha value is -0.220. The van der Waals surface area contributed by atoms with Crippen LogP contribution in [0.2, 0.25) is 0 Å². The molecule has 1 aliphatic carbocycles. The maximum Gasteiger partial charge on any atom is 0.238 e. The van der Waals surface area contributed by atoms with Crippen LogP contribution in [0.15, 0.2) is 0 Å². The van der Waals surface area contributed by atoms with Crippen molar-refractivity contribution in [2.24, 2.45) is 17.6 Å². The molecule has 0 aromatic heterocycles. The fourth-order valence-corrected chi connectivity index (χ4v) is 3.25. The summed E-state index contributed by atoms with van der Waals surface area (Å²) in [5.74, 6) is 2.82.